The summed E-state index contributed by atoms with van der Waals surface area (Å²) in [6, 6.07) is 12.4. The Morgan fingerprint density at radius 3 is 2.70 bits per heavy atom. The molecule has 1 saturated heterocycles. The number of hydrogen-bond donors (Lipinski definition) is 0. The van der Waals surface area contributed by atoms with Crippen LogP contribution < -0.4 is 0 Å². The molecule has 1 atom stereocenters. The van der Waals surface area contributed by atoms with E-state index in [0.717, 1.165) is 59.3 Å². The number of fused-ring (bicyclic) bond motifs is 1. The van der Waals surface area contributed by atoms with Crippen molar-refractivity contribution in [2.75, 3.05) is 6.61 Å². The standard InChI is InChI=1S/C21H21N5O/c1-25-14-16(12-23-25)18-11-17-19(13-22-18)26(20-9-5-6-10-27-20)24-21(17)15-7-3-2-4-8-15/h2-4,7-8,11-14,20H,5-6,9-10H2,1H3. The molecule has 1 unspecified atom stereocenters. The molecule has 0 radical (unpaired) electrons. The number of ether oxygens (including phenoxy) is 1. The monoisotopic (exact) mass is 359 g/mol. The van der Waals surface area contributed by atoms with Gasteiger partial charge in [0.15, 0.2) is 6.23 Å². The maximum absolute atomic E-state index is 6.00. The van der Waals surface area contributed by atoms with E-state index >= 15 is 0 Å². The second kappa shape index (κ2) is 6.63. The van der Waals surface area contributed by atoms with Crippen molar-refractivity contribution in [1.82, 2.24) is 24.5 Å². The third-order valence-corrected chi connectivity index (χ3v) is 5.07. The first kappa shape index (κ1) is 16.2. The first-order chi connectivity index (χ1) is 13.3. The molecule has 5 rings (SSSR count). The van der Waals surface area contributed by atoms with Crippen LogP contribution in [-0.4, -0.2) is 31.2 Å². The van der Waals surface area contributed by atoms with Gasteiger partial charge in [-0.1, -0.05) is 30.3 Å². The number of hydrogen-bond acceptors (Lipinski definition) is 4. The summed E-state index contributed by atoms with van der Waals surface area (Å²) in [4.78, 5) is 4.68. The van der Waals surface area contributed by atoms with Crippen LogP contribution in [0.5, 0.6) is 0 Å². The summed E-state index contributed by atoms with van der Waals surface area (Å²) in [6.07, 6.45) is 8.96. The summed E-state index contributed by atoms with van der Waals surface area (Å²) >= 11 is 0. The van der Waals surface area contributed by atoms with Crippen molar-refractivity contribution in [3.05, 3.63) is 55.0 Å². The molecule has 27 heavy (non-hydrogen) atoms. The molecule has 0 bridgehead atoms. The molecule has 1 fully saturated rings. The number of aryl methyl sites for hydroxylation is 1. The largest absolute Gasteiger partial charge is 0.356 e. The first-order valence-electron chi connectivity index (χ1n) is 9.34. The zero-order chi connectivity index (χ0) is 18.2. The summed E-state index contributed by atoms with van der Waals surface area (Å²) in [7, 11) is 1.91. The third-order valence-electron chi connectivity index (χ3n) is 5.07. The number of aromatic nitrogens is 5. The lowest BCUT2D eigenvalue weighted by atomic mass is 10.1. The fraction of sp³-hybridized carbons (Fsp3) is 0.286. The number of benzene rings is 1. The van der Waals surface area contributed by atoms with Gasteiger partial charge in [-0.15, -0.1) is 0 Å². The predicted octanol–water partition coefficient (Wildman–Crippen LogP) is 4.20. The number of rotatable bonds is 3. The highest BCUT2D eigenvalue weighted by molar-refractivity contribution is 5.95. The zero-order valence-corrected chi connectivity index (χ0v) is 15.2. The van der Waals surface area contributed by atoms with Gasteiger partial charge in [0.05, 0.1) is 23.6 Å². The van der Waals surface area contributed by atoms with E-state index in [4.69, 9.17) is 9.84 Å². The minimum absolute atomic E-state index is 0.0234. The summed E-state index contributed by atoms with van der Waals surface area (Å²) < 4.78 is 9.80. The van der Waals surface area contributed by atoms with Crippen LogP contribution in [0.1, 0.15) is 25.5 Å². The maximum Gasteiger partial charge on any atom is 0.150 e. The molecule has 6 nitrogen and oxygen atoms in total. The van der Waals surface area contributed by atoms with Gasteiger partial charge in [-0.25, -0.2) is 4.68 Å². The Morgan fingerprint density at radius 1 is 1.07 bits per heavy atom. The van der Waals surface area contributed by atoms with Crippen LogP contribution >= 0.6 is 0 Å². The lowest BCUT2D eigenvalue weighted by molar-refractivity contribution is -0.0365. The summed E-state index contributed by atoms with van der Waals surface area (Å²) in [5, 5.41) is 10.3. The van der Waals surface area contributed by atoms with Crippen molar-refractivity contribution in [1.29, 1.82) is 0 Å². The van der Waals surface area contributed by atoms with Crippen molar-refractivity contribution in [2.45, 2.75) is 25.5 Å². The van der Waals surface area contributed by atoms with Crippen molar-refractivity contribution in [2.24, 2.45) is 7.05 Å². The molecule has 1 aliphatic rings. The van der Waals surface area contributed by atoms with E-state index in [-0.39, 0.29) is 6.23 Å². The molecule has 6 heteroatoms. The first-order valence-corrected chi connectivity index (χ1v) is 9.34. The van der Waals surface area contributed by atoms with Gasteiger partial charge in [0, 0.05) is 36.4 Å². The molecule has 4 aromatic rings. The Labute approximate surface area is 157 Å². The summed E-state index contributed by atoms with van der Waals surface area (Å²) in [5.41, 5.74) is 4.97. The molecule has 0 aliphatic carbocycles. The lowest BCUT2D eigenvalue weighted by Gasteiger charge is -2.23. The van der Waals surface area contributed by atoms with Crippen LogP contribution in [0.15, 0.2) is 55.0 Å². The van der Waals surface area contributed by atoms with Crippen LogP contribution in [0.2, 0.25) is 0 Å². The zero-order valence-electron chi connectivity index (χ0n) is 15.2. The van der Waals surface area contributed by atoms with Crippen molar-refractivity contribution in [3.63, 3.8) is 0 Å². The predicted molar refractivity (Wildman–Crippen MR) is 104 cm³/mol. The second-order valence-corrected chi connectivity index (χ2v) is 6.97. The lowest BCUT2D eigenvalue weighted by Crippen LogP contribution is -2.19. The van der Waals surface area contributed by atoms with Crippen molar-refractivity contribution < 1.29 is 4.74 Å². The fourth-order valence-corrected chi connectivity index (χ4v) is 3.69. The smallest absolute Gasteiger partial charge is 0.150 e. The molecule has 136 valence electrons. The SMILES string of the molecule is Cn1cc(-c2cc3c(-c4ccccc4)nn(C4CCCCO4)c3cn2)cn1. The molecule has 0 spiro atoms. The van der Waals surface area contributed by atoms with E-state index in [1.54, 1.807) is 4.68 Å². The fourth-order valence-electron chi connectivity index (χ4n) is 3.69. The van der Waals surface area contributed by atoms with Crippen LogP contribution in [-0.2, 0) is 11.8 Å². The van der Waals surface area contributed by atoms with Gasteiger partial charge in [0.1, 0.15) is 5.69 Å². The van der Waals surface area contributed by atoms with E-state index in [2.05, 4.69) is 28.3 Å². The molecule has 0 N–H and O–H groups in total. The molecule has 1 aromatic carbocycles. The number of nitrogens with zero attached hydrogens (tertiary/aromatic N) is 5. The molecule has 0 amide bonds. The Hall–Kier alpha value is -2.99. The minimum atomic E-state index is -0.0234. The maximum atomic E-state index is 6.00. The summed E-state index contributed by atoms with van der Waals surface area (Å²) in [6.45, 7) is 0.786. The third kappa shape index (κ3) is 2.92. The van der Waals surface area contributed by atoms with Crippen molar-refractivity contribution in [3.8, 4) is 22.5 Å². The van der Waals surface area contributed by atoms with Gasteiger partial charge in [0.25, 0.3) is 0 Å². The van der Waals surface area contributed by atoms with E-state index in [0.29, 0.717) is 0 Å². The quantitative estimate of drug-likeness (QED) is 0.550. The highest BCUT2D eigenvalue weighted by atomic mass is 16.5. The Kier molecular flexibility index (Phi) is 3.98. The van der Waals surface area contributed by atoms with Gasteiger partial charge in [-0.05, 0) is 25.3 Å². The Morgan fingerprint density at radius 2 is 1.96 bits per heavy atom. The summed E-state index contributed by atoms with van der Waals surface area (Å²) in [5.74, 6) is 0. The molecular weight excluding hydrogens is 338 g/mol. The molecule has 0 saturated carbocycles. The molecule has 4 heterocycles. The Bertz CT molecular complexity index is 1080. The van der Waals surface area contributed by atoms with Crippen LogP contribution in [0.25, 0.3) is 33.4 Å². The van der Waals surface area contributed by atoms with Crippen LogP contribution in [0.4, 0.5) is 0 Å². The van der Waals surface area contributed by atoms with E-state index < -0.39 is 0 Å². The van der Waals surface area contributed by atoms with E-state index in [1.807, 2.05) is 48.5 Å². The highest BCUT2D eigenvalue weighted by Crippen LogP contribution is 2.34. The van der Waals surface area contributed by atoms with E-state index in [9.17, 15) is 0 Å². The van der Waals surface area contributed by atoms with Gasteiger partial charge in [-0.3, -0.25) is 9.67 Å². The normalized spacial score (nSPS) is 17.4. The van der Waals surface area contributed by atoms with Crippen LogP contribution in [0.3, 0.4) is 0 Å². The van der Waals surface area contributed by atoms with Gasteiger partial charge < -0.3 is 4.74 Å². The second-order valence-electron chi connectivity index (χ2n) is 6.97. The van der Waals surface area contributed by atoms with E-state index in [1.165, 1.54) is 0 Å². The molecule has 3 aromatic heterocycles. The average Bonchev–Trinajstić information content (AvgIpc) is 3.33. The average molecular weight is 359 g/mol. The number of pyridine rings is 1. The minimum Gasteiger partial charge on any atom is -0.356 e. The molecule has 1 aliphatic heterocycles. The van der Waals surface area contributed by atoms with Crippen LogP contribution in [0, 0.1) is 0 Å². The van der Waals surface area contributed by atoms with Gasteiger partial charge >= 0.3 is 0 Å². The molecular formula is C21H21N5O. The van der Waals surface area contributed by atoms with Crippen molar-refractivity contribution >= 4 is 10.9 Å². The van der Waals surface area contributed by atoms with Gasteiger partial charge in [0.2, 0.25) is 0 Å². The Balaban J connectivity index is 1.70. The highest BCUT2D eigenvalue weighted by Gasteiger charge is 2.22. The topological polar surface area (TPSA) is 57.8 Å². The van der Waals surface area contributed by atoms with Gasteiger partial charge in [-0.2, -0.15) is 10.2 Å².